The molecule has 0 saturated carbocycles. The number of carbonyl (C=O) groups is 1. The lowest BCUT2D eigenvalue weighted by Gasteiger charge is -2.27. The largest absolute Gasteiger partial charge is 0.315 e. The monoisotopic (exact) mass is 387 g/mol. The van der Waals surface area contributed by atoms with Gasteiger partial charge in [0.15, 0.2) is 0 Å². The van der Waals surface area contributed by atoms with E-state index in [-0.39, 0.29) is 23.0 Å². The molecule has 0 N–H and O–H groups in total. The van der Waals surface area contributed by atoms with Gasteiger partial charge in [-0.3, -0.25) is 19.2 Å². The number of sulfonamides is 1. The molecule has 2 aromatic carbocycles. The zero-order valence-electron chi connectivity index (χ0n) is 14.6. The molecular weight excluding hydrogens is 370 g/mol. The zero-order valence-corrected chi connectivity index (χ0v) is 15.4. The minimum atomic E-state index is -3.85. The van der Waals surface area contributed by atoms with Gasteiger partial charge in [0.05, 0.1) is 15.5 Å². The van der Waals surface area contributed by atoms with Crippen LogP contribution < -0.4 is 9.21 Å². The van der Waals surface area contributed by atoms with Crippen molar-refractivity contribution in [2.45, 2.75) is 24.2 Å². The van der Waals surface area contributed by atoms with E-state index in [1.165, 1.54) is 27.4 Å². The van der Waals surface area contributed by atoms with E-state index < -0.39 is 14.9 Å². The Morgan fingerprint density at radius 3 is 2.52 bits per heavy atom. The molecule has 2 aliphatic heterocycles. The van der Waals surface area contributed by atoms with Crippen LogP contribution in [-0.2, 0) is 27.7 Å². The van der Waals surface area contributed by atoms with Gasteiger partial charge in [0, 0.05) is 37.8 Å². The summed E-state index contributed by atoms with van der Waals surface area (Å²) in [7, 11) is -2.18. The van der Waals surface area contributed by atoms with Crippen LogP contribution >= 0.6 is 0 Å². The van der Waals surface area contributed by atoms with Crippen molar-refractivity contribution in [2.24, 2.45) is 0 Å². The Morgan fingerprint density at radius 2 is 1.78 bits per heavy atom. The first-order valence-electron chi connectivity index (χ1n) is 8.48. The lowest BCUT2D eigenvalue weighted by atomic mass is 10.0. The Bertz CT molecular complexity index is 1080. The first-order valence-corrected chi connectivity index (χ1v) is 9.92. The molecule has 0 unspecified atom stereocenters. The van der Waals surface area contributed by atoms with E-state index in [1.807, 2.05) is 0 Å². The highest BCUT2D eigenvalue weighted by atomic mass is 32.2. The van der Waals surface area contributed by atoms with Crippen LogP contribution in [0.15, 0.2) is 41.3 Å². The Labute approximate surface area is 156 Å². The van der Waals surface area contributed by atoms with E-state index >= 15 is 0 Å². The average molecular weight is 387 g/mol. The molecule has 0 spiro atoms. The third-order valence-electron chi connectivity index (χ3n) is 5.12. The van der Waals surface area contributed by atoms with Gasteiger partial charge in [0.1, 0.15) is 0 Å². The molecule has 2 aromatic rings. The van der Waals surface area contributed by atoms with Crippen LogP contribution in [-0.4, -0.2) is 32.8 Å². The molecule has 0 radical (unpaired) electrons. The number of anilines is 2. The van der Waals surface area contributed by atoms with Crippen LogP contribution in [0, 0.1) is 10.1 Å². The Hall–Kier alpha value is -2.94. The second kappa shape index (κ2) is 6.05. The van der Waals surface area contributed by atoms with Crippen molar-refractivity contribution in [3.05, 3.63) is 57.6 Å². The summed E-state index contributed by atoms with van der Waals surface area (Å²) < 4.78 is 27.6. The minimum Gasteiger partial charge on any atom is -0.315 e. The van der Waals surface area contributed by atoms with Crippen molar-refractivity contribution in [3.8, 4) is 0 Å². The van der Waals surface area contributed by atoms with Gasteiger partial charge in [-0.25, -0.2) is 8.42 Å². The van der Waals surface area contributed by atoms with Gasteiger partial charge in [-0.15, -0.1) is 0 Å². The normalized spacial score (nSPS) is 16.3. The maximum Gasteiger partial charge on any atom is 0.271 e. The molecular formula is C18H17N3O5S. The number of hydrogen-bond donors (Lipinski definition) is 0. The molecule has 4 rings (SSSR count). The second-order valence-corrected chi connectivity index (χ2v) is 8.50. The van der Waals surface area contributed by atoms with Gasteiger partial charge in [0.25, 0.3) is 15.7 Å². The number of non-ortho nitro benzene ring substituents is 1. The molecule has 0 aliphatic carbocycles. The van der Waals surface area contributed by atoms with Gasteiger partial charge in [-0.05, 0) is 42.2 Å². The second-order valence-electron chi connectivity index (χ2n) is 6.64. The highest BCUT2D eigenvalue weighted by Gasteiger charge is 2.33. The van der Waals surface area contributed by atoms with Crippen LogP contribution in [0.1, 0.15) is 17.5 Å². The number of hydrogen-bond acceptors (Lipinski definition) is 5. The molecule has 0 fully saturated rings. The van der Waals surface area contributed by atoms with E-state index in [0.29, 0.717) is 30.6 Å². The number of nitrogens with zero attached hydrogens (tertiary/aromatic N) is 3. The third-order valence-corrected chi connectivity index (χ3v) is 6.92. The Kier molecular flexibility index (Phi) is 3.92. The lowest BCUT2D eigenvalue weighted by Crippen LogP contribution is -2.32. The van der Waals surface area contributed by atoms with Crippen molar-refractivity contribution in [2.75, 3.05) is 22.8 Å². The third kappa shape index (κ3) is 2.74. The standard InChI is InChI=1S/C18H17N3O5S/c1-19-16-6-5-15(10-13(16)3-7-18(19)22)27(25,26)20-9-8-12-2-4-14(21(23)24)11-17(12)20/h2,4-6,10-11H,3,7-9H2,1H3. The molecule has 27 heavy (non-hydrogen) atoms. The topological polar surface area (TPSA) is 101 Å². The van der Waals surface area contributed by atoms with E-state index in [1.54, 1.807) is 25.2 Å². The molecule has 2 heterocycles. The van der Waals surface area contributed by atoms with E-state index in [0.717, 1.165) is 11.1 Å². The molecule has 8 nitrogen and oxygen atoms in total. The van der Waals surface area contributed by atoms with Crippen LogP contribution in [0.4, 0.5) is 17.1 Å². The maximum absolute atomic E-state index is 13.2. The molecule has 0 bridgehead atoms. The first kappa shape index (κ1) is 17.5. The number of amides is 1. The lowest BCUT2D eigenvalue weighted by molar-refractivity contribution is -0.384. The van der Waals surface area contributed by atoms with E-state index in [4.69, 9.17) is 0 Å². The highest BCUT2D eigenvalue weighted by molar-refractivity contribution is 7.92. The fraction of sp³-hybridized carbons (Fsp3) is 0.278. The smallest absolute Gasteiger partial charge is 0.271 e. The van der Waals surface area contributed by atoms with Gasteiger partial charge in [-0.2, -0.15) is 0 Å². The van der Waals surface area contributed by atoms with Crippen molar-refractivity contribution < 1.29 is 18.1 Å². The molecule has 0 atom stereocenters. The average Bonchev–Trinajstić information content (AvgIpc) is 3.08. The summed E-state index contributed by atoms with van der Waals surface area (Å²) in [4.78, 5) is 24.0. The summed E-state index contributed by atoms with van der Waals surface area (Å²) in [6.07, 6.45) is 1.34. The Morgan fingerprint density at radius 1 is 1.00 bits per heavy atom. The van der Waals surface area contributed by atoms with Crippen molar-refractivity contribution in [1.82, 2.24) is 0 Å². The molecule has 0 aromatic heterocycles. The number of aryl methyl sites for hydroxylation is 1. The molecule has 9 heteroatoms. The first-order chi connectivity index (χ1) is 12.8. The van der Waals surface area contributed by atoms with Crippen LogP contribution in [0.5, 0.6) is 0 Å². The van der Waals surface area contributed by atoms with Crippen LogP contribution in [0.25, 0.3) is 0 Å². The van der Waals surface area contributed by atoms with Crippen LogP contribution in [0.2, 0.25) is 0 Å². The fourth-order valence-electron chi connectivity index (χ4n) is 3.62. The van der Waals surface area contributed by atoms with Gasteiger partial charge < -0.3 is 4.90 Å². The van der Waals surface area contributed by atoms with Gasteiger partial charge in [-0.1, -0.05) is 6.07 Å². The summed E-state index contributed by atoms with van der Waals surface area (Å²) in [6.45, 7) is 0.244. The quantitative estimate of drug-likeness (QED) is 0.594. The van der Waals surface area contributed by atoms with E-state index in [2.05, 4.69) is 0 Å². The molecule has 140 valence electrons. The molecule has 0 saturated heterocycles. The SMILES string of the molecule is CN1C(=O)CCc2cc(S(=O)(=O)N3CCc4ccc([N+](=O)[O-])cc43)ccc21. The number of rotatable bonds is 3. The predicted octanol–water partition coefficient (Wildman–Crippen LogP) is 2.26. The molecule has 2 aliphatic rings. The maximum atomic E-state index is 13.2. The fourth-order valence-corrected chi connectivity index (χ4v) is 5.17. The predicted molar refractivity (Wildman–Crippen MR) is 99.5 cm³/mol. The number of benzene rings is 2. The summed E-state index contributed by atoms with van der Waals surface area (Å²) in [5, 5.41) is 11.1. The van der Waals surface area contributed by atoms with Gasteiger partial charge in [0.2, 0.25) is 5.91 Å². The molecule has 1 amide bonds. The minimum absolute atomic E-state index is 0.00103. The summed E-state index contributed by atoms with van der Waals surface area (Å²) in [5.41, 5.74) is 2.50. The Balaban J connectivity index is 1.75. The van der Waals surface area contributed by atoms with Crippen molar-refractivity contribution in [3.63, 3.8) is 0 Å². The number of nitro benzene ring substituents is 1. The number of carbonyl (C=O) groups excluding carboxylic acids is 1. The number of nitro groups is 1. The summed E-state index contributed by atoms with van der Waals surface area (Å²) in [5.74, 6) is -0.00103. The van der Waals surface area contributed by atoms with Gasteiger partial charge >= 0.3 is 0 Å². The highest BCUT2D eigenvalue weighted by Crippen LogP contribution is 2.37. The van der Waals surface area contributed by atoms with Crippen molar-refractivity contribution >= 4 is 33.0 Å². The van der Waals surface area contributed by atoms with E-state index in [9.17, 15) is 23.3 Å². The summed E-state index contributed by atoms with van der Waals surface area (Å²) >= 11 is 0. The summed E-state index contributed by atoms with van der Waals surface area (Å²) in [6, 6.07) is 9.03. The van der Waals surface area contributed by atoms with Crippen LogP contribution in [0.3, 0.4) is 0 Å². The number of fused-ring (bicyclic) bond motifs is 2. The zero-order chi connectivity index (χ0) is 19.3. The van der Waals surface area contributed by atoms with Crippen molar-refractivity contribution in [1.29, 1.82) is 0 Å².